The van der Waals surface area contributed by atoms with Gasteiger partial charge >= 0.3 is 0 Å². The summed E-state index contributed by atoms with van der Waals surface area (Å²) in [7, 11) is 2.07. The zero-order valence-corrected chi connectivity index (χ0v) is 16.9. The fourth-order valence-electron chi connectivity index (χ4n) is 3.89. The van der Waals surface area contributed by atoms with Crippen LogP contribution in [0.2, 0.25) is 0 Å². The highest BCUT2D eigenvalue weighted by Crippen LogP contribution is 2.31. The van der Waals surface area contributed by atoms with Gasteiger partial charge in [-0.3, -0.25) is 14.1 Å². The van der Waals surface area contributed by atoms with Gasteiger partial charge in [-0.1, -0.05) is 23.4 Å². The number of pyridine rings is 1. The summed E-state index contributed by atoms with van der Waals surface area (Å²) in [6, 6.07) is 11.5. The predicted molar refractivity (Wildman–Crippen MR) is 112 cm³/mol. The van der Waals surface area contributed by atoms with Gasteiger partial charge in [-0.25, -0.2) is 4.98 Å². The summed E-state index contributed by atoms with van der Waals surface area (Å²) in [5, 5.41) is 7.16. The van der Waals surface area contributed by atoms with Gasteiger partial charge in [-0.2, -0.15) is 4.98 Å². The number of hydrogen-bond acceptors (Lipinski definition) is 6. The summed E-state index contributed by atoms with van der Waals surface area (Å²) in [4.78, 5) is 24.0. The Morgan fingerprint density at radius 2 is 2.17 bits per heavy atom. The number of imidazole rings is 1. The molecule has 30 heavy (non-hydrogen) atoms. The molecule has 1 atom stereocenters. The van der Waals surface area contributed by atoms with Gasteiger partial charge in [0.2, 0.25) is 11.7 Å². The molecule has 1 aliphatic rings. The van der Waals surface area contributed by atoms with Crippen LogP contribution in [0.1, 0.15) is 40.8 Å². The van der Waals surface area contributed by atoms with Crippen LogP contribution in [0, 0.1) is 6.92 Å². The van der Waals surface area contributed by atoms with Crippen molar-refractivity contribution in [2.75, 3.05) is 18.9 Å². The van der Waals surface area contributed by atoms with E-state index in [9.17, 15) is 4.79 Å². The van der Waals surface area contributed by atoms with Crippen LogP contribution >= 0.6 is 0 Å². The molecule has 0 bridgehead atoms. The molecule has 4 heterocycles. The molecule has 1 unspecified atom stereocenters. The van der Waals surface area contributed by atoms with Gasteiger partial charge < -0.3 is 9.84 Å². The van der Waals surface area contributed by atoms with E-state index in [0.29, 0.717) is 23.1 Å². The standard InChI is InChI=1S/C22H22N6O2/c1-14-8-9-15(20-25-22(30-26-20)17-6-5-10-27(17)2)12-16(14)24-21(29)18-13-23-19-7-3-4-11-28(18)19/h3-4,7-9,11-13,17H,5-6,10H2,1-2H3,(H,24,29). The zero-order chi connectivity index (χ0) is 20.7. The molecule has 1 saturated heterocycles. The number of benzene rings is 1. The number of nitrogens with zero attached hydrogens (tertiary/aromatic N) is 5. The third kappa shape index (κ3) is 3.25. The molecule has 0 saturated carbocycles. The van der Waals surface area contributed by atoms with E-state index in [4.69, 9.17) is 4.52 Å². The molecule has 0 spiro atoms. The minimum absolute atomic E-state index is 0.172. The second kappa shape index (κ2) is 7.38. The van der Waals surface area contributed by atoms with E-state index in [1.54, 1.807) is 10.6 Å². The van der Waals surface area contributed by atoms with Crippen LogP contribution in [0.15, 0.2) is 53.3 Å². The number of carbonyl (C=O) groups is 1. The van der Waals surface area contributed by atoms with Crippen LogP contribution in [0.4, 0.5) is 5.69 Å². The maximum Gasteiger partial charge on any atom is 0.274 e. The van der Waals surface area contributed by atoms with Crippen LogP contribution in [0.3, 0.4) is 0 Å². The monoisotopic (exact) mass is 402 g/mol. The molecule has 1 aromatic carbocycles. The quantitative estimate of drug-likeness (QED) is 0.560. The van der Waals surface area contributed by atoms with Gasteiger partial charge in [0.1, 0.15) is 11.3 Å². The van der Waals surface area contributed by atoms with E-state index in [-0.39, 0.29) is 11.9 Å². The summed E-state index contributed by atoms with van der Waals surface area (Å²) in [6.45, 7) is 2.98. The molecule has 3 aromatic heterocycles. The number of anilines is 1. The molecular weight excluding hydrogens is 380 g/mol. The first-order chi connectivity index (χ1) is 14.6. The van der Waals surface area contributed by atoms with Crippen LogP contribution in [-0.4, -0.2) is 43.9 Å². The third-order valence-corrected chi connectivity index (χ3v) is 5.64. The Bertz CT molecular complexity index is 1230. The number of aromatic nitrogens is 4. The number of carbonyl (C=O) groups excluding carboxylic acids is 1. The summed E-state index contributed by atoms with van der Waals surface area (Å²) in [5.41, 5.74) is 3.64. The average molecular weight is 402 g/mol. The van der Waals surface area contributed by atoms with Crippen molar-refractivity contribution in [1.82, 2.24) is 24.4 Å². The largest absolute Gasteiger partial charge is 0.337 e. The summed E-state index contributed by atoms with van der Waals surface area (Å²) >= 11 is 0. The smallest absolute Gasteiger partial charge is 0.274 e. The lowest BCUT2D eigenvalue weighted by Gasteiger charge is -2.14. The van der Waals surface area contributed by atoms with Gasteiger partial charge in [-0.05, 0) is 57.1 Å². The van der Waals surface area contributed by atoms with E-state index >= 15 is 0 Å². The molecule has 1 N–H and O–H groups in total. The molecule has 0 aliphatic carbocycles. The average Bonchev–Trinajstić information content (AvgIpc) is 3.48. The summed E-state index contributed by atoms with van der Waals surface area (Å²) in [6.07, 6.45) is 5.55. The lowest BCUT2D eigenvalue weighted by atomic mass is 10.1. The molecule has 5 rings (SSSR count). The van der Waals surface area contributed by atoms with Gasteiger partial charge in [-0.15, -0.1) is 0 Å². The van der Waals surface area contributed by atoms with Gasteiger partial charge in [0.15, 0.2) is 0 Å². The van der Waals surface area contributed by atoms with Crippen molar-refractivity contribution in [3.63, 3.8) is 0 Å². The Morgan fingerprint density at radius 1 is 1.27 bits per heavy atom. The topological polar surface area (TPSA) is 88.6 Å². The van der Waals surface area contributed by atoms with Crippen molar-refractivity contribution < 1.29 is 9.32 Å². The van der Waals surface area contributed by atoms with Gasteiger partial charge in [0, 0.05) is 17.4 Å². The van der Waals surface area contributed by atoms with Crippen LogP contribution < -0.4 is 5.32 Å². The van der Waals surface area contributed by atoms with E-state index < -0.39 is 0 Å². The Balaban J connectivity index is 1.41. The second-order valence-electron chi connectivity index (χ2n) is 7.65. The number of nitrogens with one attached hydrogen (secondary N) is 1. The van der Waals surface area contributed by atoms with E-state index in [2.05, 4.69) is 32.4 Å². The lowest BCUT2D eigenvalue weighted by Crippen LogP contribution is -2.17. The molecule has 8 heteroatoms. The Labute approximate surface area is 173 Å². The van der Waals surface area contributed by atoms with Crippen molar-refractivity contribution in [2.45, 2.75) is 25.8 Å². The Kier molecular flexibility index (Phi) is 4.55. The number of hydrogen-bond donors (Lipinski definition) is 1. The van der Waals surface area contributed by atoms with Crippen molar-refractivity contribution >= 4 is 17.2 Å². The highest BCUT2D eigenvalue weighted by Gasteiger charge is 2.28. The highest BCUT2D eigenvalue weighted by molar-refractivity contribution is 6.04. The predicted octanol–water partition coefficient (Wildman–Crippen LogP) is 3.71. The minimum atomic E-state index is -0.227. The van der Waals surface area contributed by atoms with Crippen LogP contribution in [0.25, 0.3) is 17.0 Å². The SMILES string of the molecule is Cc1ccc(-c2noc(C3CCCN3C)n2)cc1NC(=O)c1cnc2ccccn12. The lowest BCUT2D eigenvalue weighted by molar-refractivity contribution is 0.102. The molecular formula is C22H22N6O2. The Morgan fingerprint density at radius 3 is 3.00 bits per heavy atom. The molecule has 1 aliphatic heterocycles. The zero-order valence-electron chi connectivity index (χ0n) is 16.9. The van der Waals surface area contributed by atoms with Gasteiger partial charge in [0.25, 0.3) is 5.91 Å². The first-order valence-electron chi connectivity index (χ1n) is 9.98. The number of rotatable bonds is 4. The fourth-order valence-corrected chi connectivity index (χ4v) is 3.89. The maximum atomic E-state index is 12.9. The number of fused-ring (bicyclic) bond motifs is 1. The normalized spacial score (nSPS) is 16.9. The van der Waals surface area contributed by atoms with Gasteiger partial charge in [0.05, 0.1) is 12.2 Å². The van der Waals surface area contributed by atoms with Crippen molar-refractivity contribution in [3.8, 4) is 11.4 Å². The van der Waals surface area contributed by atoms with Crippen molar-refractivity contribution in [3.05, 3.63) is 65.9 Å². The van der Waals surface area contributed by atoms with Crippen molar-refractivity contribution in [1.29, 1.82) is 0 Å². The molecule has 0 radical (unpaired) electrons. The summed E-state index contributed by atoms with van der Waals surface area (Å²) < 4.78 is 7.29. The number of aryl methyl sites for hydroxylation is 1. The number of amides is 1. The molecule has 4 aromatic rings. The van der Waals surface area contributed by atoms with E-state index in [1.807, 2.05) is 49.5 Å². The maximum absolute atomic E-state index is 12.9. The van der Waals surface area contributed by atoms with Crippen LogP contribution in [-0.2, 0) is 0 Å². The first kappa shape index (κ1) is 18.5. The number of likely N-dealkylation sites (tertiary alicyclic amines) is 1. The third-order valence-electron chi connectivity index (χ3n) is 5.64. The fraction of sp³-hybridized carbons (Fsp3) is 0.273. The molecule has 152 valence electrons. The molecule has 8 nitrogen and oxygen atoms in total. The van der Waals surface area contributed by atoms with E-state index in [1.165, 1.54) is 0 Å². The second-order valence-corrected chi connectivity index (χ2v) is 7.65. The molecule has 1 amide bonds. The Hall–Kier alpha value is -3.52. The van der Waals surface area contributed by atoms with Crippen LogP contribution in [0.5, 0.6) is 0 Å². The minimum Gasteiger partial charge on any atom is -0.337 e. The first-order valence-corrected chi connectivity index (χ1v) is 9.98. The summed E-state index contributed by atoms with van der Waals surface area (Å²) in [5.74, 6) is 0.938. The molecule has 1 fully saturated rings. The van der Waals surface area contributed by atoms with Crippen molar-refractivity contribution in [2.24, 2.45) is 0 Å². The van der Waals surface area contributed by atoms with E-state index in [0.717, 1.165) is 36.2 Å². The highest BCUT2D eigenvalue weighted by atomic mass is 16.5.